The maximum absolute atomic E-state index is 11.4. The van der Waals surface area contributed by atoms with E-state index in [1.165, 1.54) is 0 Å². The van der Waals surface area contributed by atoms with Crippen molar-refractivity contribution >= 4 is 12.0 Å². The van der Waals surface area contributed by atoms with E-state index in [1.807, 2.05) is 0 Å². The largest absolute Gasteiger partial charge is 0.481 e. The van der Waals surface area contributed by atoms with Gasteiger partial charge in [-0.2, -0.15) is 0 Å². The minimum Gasteiger partial charge on any atom is -0.481 e. The standard InChI is InChI=1S/C11H20N2O3/c1-2-3-7-12-11(16)13-9-6-4-5-8(9)10(14)15/h8-9H,2-7H2,1H3,(H,14,15)(H2,12,13,16). The van der Waals surface area contributed by atoms with Crippen LogP contribution in [0.3, 0.4) is 0 Å². The molecule has 0 spiro atoms. The molecule has 2 unspecified atom stereocenters. The van der Waals surface area contributed by atoms with Gasteiger partial charge in [-0.25, -0.2) is 4.79 Å². The van der Waals surface area contributed by atoms with Crippen LogP contribution in [0.25, 0.3) is 0 Å². The highest BCUT2D eigenvalue weighted by atomic mass is 16.4. The van der Waals surface area contributed by atoms with E-state index in [4.69, 9.17) is 5.11 Å². The first-order valence-corrected chi connectivity index (χ1v) is 5.92. The molecule has 5 nitrogen and oxygen atoms in total. The first-order chi connectivity index (χ1) is 7.65. The second-order valence-corrected chi connectivity index (χ2v) is 4.24. The van der Waals surface area contributed by atoms with Crippen LogP contribution in [0, 0.1) is 5.92 Å². The third-order valence-corrected chi connectivity index (χ3v) is 2.97. The molecule has 92 valence electrons. The lowest BCUT2D eigenvalue weighted by Crippen LogP contribution is -2.45. The summed E-state index contributed by atoms with van der Waals surface area (Å²) in [6, 6.07) is -0.453. The van der Waals surface area contributed by atoms with Crippen molar-refractivity contribution < 1.29 is 14.7 Å². The summed E-state index contributed by atoms with van der Waals surface area (Å²) in [5.74, 6) is -1.23. The fraction of sp³-hybridized carbons (Fsp3) is 0.818. The van der Waals surface area contributed by atoms with Gasteiger partial charge in [-0.1, -0.05) is 19.8 Å². The van der Waals surface area contributed by atoms with Crippen LogP contribution in [0.1, 0.15) is 39.0 Å². The molecule has 16 heavy (non-hydrogen) atoms. The van der Waals surface area contributed by atoms with Gasteiger partial charge in [0.05, 0.1) is 5.92 Å². The lowest BCUT2D eigenvalue weighted by molar-refractivity contribution is -0.142. The second-order valence-electron chi connectivity index (χ2n) is 4.24. The van der Waals surface area contributed by atoms with Crippen LogP contribution in [-0.4, -0.2) is 29.7 Å². The zero-order valence-corrected chi connectivity index (χ0v) is 9.66. The van der Waals surface area contributed by atoms with E-state index in [0.29, 0.717) is 13.0 Å². The number of amides is 2. The Balaban J connectivity index is 2.30. The number of carboxylic acid groups (broad SMARTS) is 1. The van der Waals surface area contributed by atoms with Crippen molar-refractivity contribution in [1.29, 1.82) is 0 Å². The van der Waals surface area contributed by atoms with Crippen LogP contribution in [0.2, 0.25) is 0 Å². The van der Waals surface area contributed by atoms with Crippen molar-refractivity contribution in [3.05, 3.63) is 0 Å². The SMILES string of the molecule is CCCCNC(=O)NC1CCCC1C(=O)O. The Morgan fingerprint density at radius 1 is 1.38 bits per heavy atom. The van der Waals surface area contributed by atoms with Crippen molar-refractivity contribution in [2.45, 2.75) is 45.1 Å². The van der Waals surface area contributed by atoms with Gasteiger partial charge in [-0.15, -0.1) is 0 Å². The maximum atomic E-state index is 11.4. The minimum atomic E-state index is -0.809. The van der Waals surface area contributed by atoms with Crippen molar-refractivity contribution in [2.75, 3.05) is 6.54 Å². The molecule has 0 aliphatic heterocycles. The molecule has 1 fully saturated rings. The normalized spacial score (nSPS) is 24.1. The summed E-state index contributed by atoms with van der Waals surface area (Å²) >= 11 is 0. The molecule has 2 atom stereocenters. The number of carbonyl (C=O) groups excluding carboxylic acids is 1. The zero-order valence-electron chi connectivity index (χ0n) is 9.66. The van der Waals surface area contributed by atoms with E-state index in [1.54, 1.807) is 0 Å². The Labute approximate surface area is 95.6 Å². The zero-order chi connectivity index (χ0) is 12.0. The number of hydrogen-bond acceptors (Lipinski definition) is 2. The molecule has 1 rings (SSSR count). The van der Waals surface area contributed by atoms with Gasteiger partial charge in [0.1, 0.15) is 0 Å². The molecule has 1 aliphatic rings. The Hall–Kier alpha value is -1.26. The maximum Gasteiger partial charge on any atom is 0.315 e. The van der Waals surface area contributed by atoms with Crippen LogP contribution in [0.5, 0.6) is 0 Å². The molecule has 0 bridgehead atoms. The van der Waals surface area contributed by atoms with Crippen molar-refractivity contribution in [3.63, 3.8) is 0 Å². The number of urea groups is 1. The Bertz CT molecular complexity index is 256. The number of rotatable bonds is 5. The summed E-state index contributed by atoms with van der Waals surface area (Å²) in [7, 11) is 0. The fourth-order valence-electron chi connectivity index (χ4n) is 2.03. The van der Waals surface area contributed by atoms with E-state index in [9.17, 15) is 9.59 Å². The Kier molecular flexibility index (Phi) is 5.08. The number of unbranched alkanes of at least 4 members (excludes halogenated alkanes) is 1. The third-order valence-electron chi connectivity index (χ3n) is 2.97. The molecule has 2 amide bonds. The van der Waals surface area contributed by atoms with Gasteiger partial charge in [-0.05, 0) is 19.3 Å². The lowest BCUT2D eigenvalue weighted by Gasteiger charge is -2.17. The molecule has 1 saturated carbocycles. The summed E-state index contributed by atoms with van der Waals surface area (Å²) in [5, 5.41) is 14.4. The molecule has 0 radical (unpaired) electrons. The van der Waals surface area contributed by atoms with Gasteiger partial charge < -0.3 is 15.7 Å². The highest BCUT2D eigenvalue weighted by Crippen LogP contribution is 2.25. The molecule has 0 aromatic heterocycles. The summed E-state index contributed by atoms with van der Waals surface area (Å²) in [5.41, 5.74) is 0. The van der Waals surface area contributed by atoms with Crippen molar-refractivity contribution in [3.8, 4) is 0 Å². The van der Waals surface area contributed by atoms with Crippen LogP contribution in [0.4, 0.5) is 4.79 Å². The fourth-order valence-corrected chi connectivity index (χ4v) is 2.03. The van der Waals surface area contributed by atoms with E-state index in [2.05, 4.69) is 17.6 Å². The number of carbonyl (C=O) groups is 2. The molecule has 5 heteroatoms. The average Bonchev–Trinajstić information content (AvgIpc) is 2.66. The van der Waals surface area contributed by atoms with E-state index >= 15 is 0 Å². The summed E-state index contributed by atoms with van der Waals surface area (Å²) in [6.07, 6.45) is 4.27. The first kappa shape index (κ1) is 12.8. The van der Waals surface area contributed by atoms with Gasteiger partial charge in [0.2, 0.25) is 0 Å². The van der Waals surface area contributed by atoms with Gasteiger partial charge in [0.25, 0.3) is 0 Å². The van der Waals surface area contributed by atoms with Crippen molar-refractivity contribution in [2.24, 2.45) is 5.92 Å². The second kappa shape index (κ2) is 6.35. The first-order valence-electron chi connectivity index (χ1n) is 5.92. The van der Waals surface area contributed by atoms with Crippen LogP contribution < -0.4 is 10.6 Å². The quantitative estimate of drug-likeness (QED) is 0.621. The van der Waals surface area contributed by atoms with Crippen LogP contribution in [-0.2, 0) is 4.79 Å². The van der Waals surface area contributed by atoms with Gasteiger partial charge in [0.15, 0.2) is 0 Å². The minimum absolute atomic E-state index is 0.209. The summed E-state index contributed by atoms with van der Waals surface area (Å²) < 4.78 is 0. The average molecular weight is 228 g/mol. The Morgan fingerprint density at radius 3 is 2.75 bits per heavy atom. The molecule has 1 aliphatic carbocycles. The predicted molar refractivity (Wildman–Crippen MR) is 60.2 cm³/mol. The topological polar surface area (TPSA) is 78.4 Å². The summed E-state index contributed by atoms with van der Waals surface area (Å²) in [6.45, 7) is 2.70. The van der Waals surface area contributed by atoms with Gasteiger partial charge in [-0.3, -0.25) is 4.79 Å². The van der Waals surface area contributed by atoms with Gasteiger partial charge >= 0.3 is 12.0 Å². The highest BCUT2D eigenvalue weighted by molar-refractivity contribution is 5.76. The van der Waals surface area contributed by atoms with E-state index in [-0.39, 0.29) is 12.1 Å². The lowest BCUT2D eigenvalue weighted by atomic mass is 10.0. The molecule has 0 aromatic rings. The summed E-state index contributed by atoms with van der Waals surface area (Å²) in [4.78, 5) is 22.3. The van der Waals surface area contributed by atoms with E-state index < -0.39 is 11.9 Å². The van der Waals surface area contributed by atoms with Gasteiger partial charge in [0, 0.05) is 12.6 Å². The van der Waals surface area contributed by atoms with Crippen molar-refractivity contribution in [1.82, 2.24) is 10.6 Å². The molecular formula is C11H20N2O3. The molecular weight excluding hydrogens is 208 g/mol. The van der Waals surface area contributed by atoms with Crippen LogP contribution >= 0.6 is 0 Å². The molecule has 0 aromatic carbocycles. The number of nitrogens with one attached hydrogen (secondary N) is 2. The Morgan fingerprint density at radius 2 is 2.12 bits per heavy atom. The monoisotopic (exact) mass is 228 g/mol. The number of aliphatic carboxylic acids is 1. The molecule has 0 heterocycles. The van der Waals surface area contributed by atoms with E-state index in [0.717, 1.165) is 25.7 Å². The smallest absolute Gasteiger partial charge is 0.315 e. The third kappa shape index (κ3) is 3.72. The molecule has 3 N–H and O–H groups in total. The highest BCUT2D eigenvalue weighted by Gasteiger charge is 2.33. The molecule has 0 saturated heterocycles. The number of carboxylic acids is 1. The van der Waals surface area contributed by atoms with Crippen LogP contribution in [0.15, 0.2) is 0 Å². The predicted octanol–water partition coefficient (Wildman–Crippen LogP) is 1.34. The number of hydrogen-bond donors (Lipinski definition) is 3.